The molecule has 2 saturated carbocycles. The zero-order valence-electron chi connectivity index (χ0n) is 11.2. The van der Waals surface area contributed by atoms with Crippen LogP contribution in [-0.2, 0) is 23.5 Å². The summed E-state index contributed by atoms with van der Waals surface area (Å²) in [6.07, 6.45) is 8.61. The Morgan fingerprint density at radius 2 is 2.26 bits per heavy atom. The minimum absolute atomic E-state index is 0.144. The second-order valence-electron chi connectivity index (χ2n) is 5.93. The molecule has 2 aliphatic rings. The van der Waals surface area contributed by atoms with Gasteiger partial charge in [0.15, 0.2) is 0 Å². The number of hydrogen-bond donors (Lipinski definition) is 1. The van der Waals surface area contributed by atoms with Gasteiger partial charge < -0.3 is 4.57 Å². The third-order valence-corrected chi connectivity index (χ3v) is 6.50. The number of hydrogen-bond acceptors (Lipinski definition) is 3. The molecule has 1 heterocycles. The predicted molar refractivity (Wildman–Crippen MR) is 73.1 cm³/mol. The summed E-state index contributed by atoms with van der Waals surface area (Å²) < 4.78 is 29.2. The smallest absolute Gasteiger partial charge is 0.214 e. The Bertz CT molecular complexity index is 552. The van der Waals surface area contributed by atoms with Crippen LogP contribution in [0.1, 0.15) is 31.4 Å². The molecule has 1 N–H and O–H groups in total. The molecule has 0 aliphatic heterocycles. The summed E-state index contributed by atoms with van der Waals surface area (Å²) in [6.45, 7) is 0.452. The van der Waals surface area contributed by atoms with E-state index in [9.17, 15) is 8.42 Å². The van der Waals surface area contributed by atoms with Crippen molar-refractivity contribution in [3.05, 3.63) is 18.2 Å². The Hall–Kier alpha value is -0.880. The van der Waals surface area contributed by atoms with E-state index in [4.69, 9.17) is 0 Å². The molecule has 19 heavy (non-hydrogen) atoms. The molecule has 2 bridgehead atoms. The zero-order chi connectivity index (χ0) is 13.5. The molecule has 0 spiro atoms. The van der Waals surface area contributed by atoms with Crippen LogP contribution < -0.4 is 4.72 Å². The quantitative estimate of drug-likeness (QED) is 0.879. The highest BCUT2D eigenvalue weighted by Gasteiger charge is 2.45. The largest absolute Gasteiger partial charge is 0.340 e. The van der Waals surface area contributed by atoms with Gasteiger partial charge in [-0.2, -0.15) is 0 Å². The Kier molecular flexibility index (Phi) is 3.39. The van der Waals surface area contributed by atoms with Gasteiger partial charge in [-0.05, 0) is 31.1 Å². The van der Waals surface area contributed by atoms with Gasteiger partial charge in [0.1, 0.15) is 0 Å². The molecule has 5 nitrogen and oxygen atoms in total. The Balaban J connectivity index is 1.54. The van der Waals surface area contributed by atoms with Gasteiger partial charge in [0.05, 0.1) is 17.3 Å². The van der Waals surface area contributed by atoms with Gasteiger partial charge in [0.2, 0.25) is 10.0 Å². The molecule has 2 aliphatic carbocycles. The normalized spacial score (nSPS) is 30.1. The monoisotopic (exact) mass is 283 g/mol. The van der Waals surface area contributed by atoms with Crippen molar-refractivity contribution in [3.8, 4) is 0 Å². The second kappa shape index (κ2) is 4.90. The summed E-state index contributed by atoms with van der Waals surface area (Å²) in [6, 6.07) is 0. The number of aryl methyl sites for hydroxylation is 1. The average molecular weight is 283 g/mol. The lowest BCUT2D eigenvalue weighted by molar-refractivity contribution is 0.459. The van der Waals surface area contributed by atoms with Crippen LogP contribution in [0.4, 0.5) is 0 Å². The molecule has 3 atom stereocenters. The molecule has 2 fully saturated rings. The number of nitrogens with one attached hydrogen (secondary N) is 1. The first-order chi connectivity index (χ1) is 9.04. The highest BCUT2D eigenvalue weighted by atomic mass is 32.2. The Morgan fingerprint density at radius 3 is 2.84 bits per heavy atom. The first kappa shape index (κ1) is 13.1. The van der Waals surface area contributed by atoms with Crippen molar-refractivity contribution < 1.29 is 8.42 Å². The number of rotatable bonds is 5. The van der Waals surface area contributed by atoms with E-state index >= 15 is 0 Å². The van der Waals surface area contributed by atoms with E-state index in [-0.39, 0.29) is 5.25 Å². The van der Waals surface area contributed by atoms with Gasteiger partial charge in [-0.1, -0.05) is 6.42 Å². The van der Waals surface area contributed by atoms with E-state index in [1.54, 1.807) is 6.33 Å². The molecule has 6 heteroatoms. The molecule has 0 aromatic carbocycles. The predicted octanol–water partition coefficient (Wildman–Crippen LogP) is 1.07. The SMILES string of the molecule is Cn1cnc(CCNS(=O)(=O)C2C[C@@H]3CC[C@H]2C3)c1. The topological polar surface area (TPSA) is 64.0 Å². The van der Waals surface area contributed by atoms with Gasteiger partial charge in [0.25, 0.3) is 0 Å². The van der Waals surface area contributed by atoms with Crippen LogP contribution in [0, 0.1) is 11.8 Å². The number of fused-ring (bicyclic) bond motifs is 2. The third kappa shape index (κ3) is 2.69. The summed E-state index contributed by atoms with van der Waals surface area (Å²) in [4.78, 5) is 4.20. The minimum Gasteiger partial charge on any atom is -0.340 e. The minimum atomic E-state index is -3.14. The van der Waals surface area contributed by atoms with Crippen LogP contribution >= 0.6 is 0 Å². The first-order valence-electron chi connectivity index (χ1n) is 7.00. The third-order valence-electron chi connectivity index (χ3n) is 4.51. The van der Waals surface area contributed by atoms with Gasteiger partial charge in [-0.25, -0.2) is 18.1 Å². The maximum atomic E-state index is 12.3. The molecular formula is C13H21N3O2S. The highest BCUT2D eigenvalue weighted by molar-refractivity contribution is 7.90. The fraction of sp³-hybridized carbons (Fsp3) is 0.769. The Morgan fingerprint density at radius 1 is 1.42 bits per heavy atom. The molecule has 1 unspecified atom stereocenters. The van der Waals surface area contributed by atoms with E-state index in [1.165, 1.54) is 6.42 Å². The van der Waals surface area contributed by atoms with Gasteiger partial charge in [-0.3, -0.25) is 0 Å². The summed E-state index contributed by atoms with van der Waals surface area (Å²) in [5.41, 5.74) is 0.929. The maximum absolute atomic E-state index is 12.3. The van der Waals surface area contributed by atoms with Crippen LogP contribution in [-0.4, -0.2) is 29.8 Å². The lowest BCUT2D eigenvalue weighted by Gasteiger charge is -2.21. The van der Waals surface area contributed by atoms with Crippen molar-refractivity contribution in [2.24, 2.45) is 18.9 Å². The van der Waals surface area contributed by atoms with E-state index < -0.39 is 10.0 Å². The van der Waals surface area contributed by atoms with E-state index in [0.717, 1.165) is 25.0 Å². The van der Waals surface area contributed by atoms with Gasteiger partial charge in [0, 0.05) is 26.2 Å². The summed E-state index contributed by atoms with van der Waals surface area (Å²) in [5.74, 6) is 1.06. The molecule has 3 rings (SSSR count). The average Bonchev–Trinajstić information content (AvgIpc) is 3.05. The summed E-state index contributed by atoms with van der Waals surface area (Å²) in [7, 11) is -1.23. The summed E-state index contributed by atoms with van der Waals surface area (Å²) in [5, 5.41) is -0.144. The van der Waals surface area contributed by atoms with E-state index in [1.807, 2.05) is 17.8 Å². The number of aromatic nitrogens is 2. The van der Waals surface area contributed by atoms with E-state index in [2.05, 4.69) is 9.71 Å². The number of sulfonamides is 1. The van der Waals surface area contributed by atoms with E-state index in [0.29, 0.717) is 24.8 Å². The molecule has 0 saturated heterocycles. The number of nitrogens with zero attached hydrogens (tertiary/aromatic N) is 2. The van der Waals surface area contributed by atoms with Gasteiger partial charge in [-0.15, -0.1) is 0 Å². The summed E-state index contributed by atoms with van der Waals surface area (Å²) >= 11 is 0. The maximum Gasteiger partial charge on any atom is 0.214 e. The Labute approximate surface area is 114 Å². The van der Waals surface area contributed by atoms with Gasteiger partial charge >= 0.3 is 0 Å². The fourth-order valence-electron chi connectivity index (χ4n) is 3.59. The van der Waals surface area contributed by atoms with Crippen LogP contribution in [0.25, 0.3) is 0 Å². The molecule has 1 aromatic rings. The molecule has 106 valence electrons. The van der Waals surface area contributed by atoms with Crippen LogP contribution in [0.5, 0.6) is 0 Å². The van der Waals surface area contributed by atoms with Crippen molar-refractivity contribution >= 4 is 10.0 Å². The molecule has 1 aromatic heterocycles. The fourth-order valence-corrected chi connectivity index (χ4v) is 5.47. The highest BCUT2D eigenvalue weighted by Crippen LogP contribution is 2.47. The van der Waals surface area contributed by atoms with Crippen molar-refractivity contribution in [2.75, 3.05) is 6.54 Å². The van der Waals surface area contributed by atoms with Crippen molar-refractivity contribution in [3.63, 3.8) is 0 Å². The van der Waals surface area contributed by atoms with Crippen LogP contribution in [0.2, 0.25) is 0 Å². The lowest BCUT2D eigenvalue weighted by Crippen LogP contribution is -2.38. The lowest BCUT2D eigenvalue weighted by atomic mass is 10.0. The molecular weight excluding hydrogens is 262 g/mol. The van der Waals surface area contributed by atoms with Crippen molar-refractivity contribution in [1.82, 2.24) is 14.3 Å². The molecule has 0 radical (unpaired) electrons. The zero-order valence-corrected chi connectivity index (χ0v) is 12.1. The van der Waals surface area contributed by atoms with Crippen molar-refractivity contribution in [1.29, 1.82) is 0 Å². The first-order valence-corrected chi connectivity index (χ1v) is 8.54. The second-order valence-corrected chi connectivity index (χ2v) is 7.92. The molecule has 0 amide bonds. The standard InChI is InChI=1S/C13H21N3O2S/c1-16-8-12(14-9-16)4-5-15-19(17,18)13-7-10-2-3-11(13)6-10/h8-11,13,15H,2-7H2,1H3/t10-,11+,13?/m1/s1. The van der Waals surface area contributed by atoms with Crippen LogP contribution in [0.3, 0.4) is 0 Å². The van der Waals surface area contributed by atoms with Crippen LogP contribution in [0.15, 0.2) is 12.5 Å². The van der Waals surface area contributed by atoms with Crippen molar-refractivity contribution in [2.45, 2.75) is 37.4 Å². The number of imidazole rings is 1.